The molecule has 0 aromatic carbocycles. The Bertz CT molecular complexity index is 124. The molecule has 8 heavy (non-hydrogen) atoms. The lowest BCUT2D eigenvalue weighted by molar-refractivity contribution is -0.133. The first-order valence-electron chi connectivity index (χ1n) is 2.16. The Labute approximate surface area is 48.5 Å². The first kappa shape index (κ1) is 6.95. The maximum atomic E-state index is 10.3. The van der Waals surface area contributed by atoms with Gasteiger partial charge in [0.25, 0.3) is 0 Å². The standard InChI is InChI=1S/C6H8O2/c1-4-8-6(7)5(2)3/h4H,1-2H2,3H3. The lowest BCUT2D eigenvalue weighted by atomic mass is 10.4. The average molecular weight is 112 g/mol. The van der Waals surface area contributed by atoms with E-state index in [1.54, 1.807) is 6.92 Å². The number of hydrogen-bond donors (Lipinski definition) is 0. The number of hydrogen-bond acceptors (Lipinski definition) is 2. The molecule has 0 amide bonds. The van der Waals surface area contributed by atoms with Crippen LogP contribution in [0.5, 0.6) is 0 Å². The van der Waals surface area contributed by atoms with Crippen molar-refractivity contribution in [1.82, 2.24) is 0 Å². The summed E-state index contributed by atoms with van der Waals surface area (Å²) in [5.74, 6) is -0.431. The molecule has 0 aromatic heterocycles. The van der Waals surface area contributed by atoms with Gasteiger partial charge >= 0.3 is 5.97 Å². The Morgan fingerprint density at radius 3 is 2.38 bits per heavy atom. The van der Waals surface area contributed by atoms with Gasteiger partial charge in [0.1, 0.15) is 0 Å². The summed E-state index contributed by atoms with van der Waals surface area (Å²) in [4.78, 5) is 10.3. The molecule has 0 aliphatic rings. The van der Waals surface area contributed by atoms with E-state index in [1.807, 2.05) is 0 Å². The maximum absolute atomic E-state index is 10.3. The fourth-order valence-electron chi connectivity index (χ4n) is 0.176. The van der Waals surface area contributed by atoms with Gasteiger partial charge in [-0.1, -0.05) is 13.2 Å². The number of carbonyl (C=O) groups excluding carboxylic acids is 1. The summed E-state index contributed by atoms with van der Waals surface area (Å²) in [6.07, 6.45) is 1.08. The Morgan fingerprint density at radius 2 is 2.25 bits per heavy atom. The van der Waals surface area contributed by atoms with Crippen LogP contribution in [0.3, 0.4) is 0 Å². The van der Waals surface area contributed by atoms with Gasteiger partial charge in [-0.3, -0.25) is 0 Å². The SMILES string of the molecule is C=COC(=O)C(=C)C. The fourth-order valence-corrected chi connectivity index (χ4v) is 0.176. The molecule has 0 unspecified atom stereocenters. The van der Waals surface area contributed by atoms with Crippen LogP contribution in [0.2, 0.25) is 0 Å². The van der Waals surface area contributed by atoms with E-state index in [1.165, 1.54) is 0 Å². The quantitative estimate of drug-likeness (QED) is 0.305. The molecule has 0 aromatic rings. The second-order valence-corrected chi connectivity index (χ2v) is 1.35. The highest BCUT2D eigenvalue weighted by atomic mass is 16.5. The molecule has 0 saturated carbocycles. The summed E-state index contributed by atoms with van der Waals surface area (Å²) in [7, 11) is 0. The van der Waals surface area contributed by atoms with Crippen LogP contribution in [0.25, 0.3) is 0 Å². The second kappa shape index (κ2) is 3.02. The molecule has 0 N–H and O–H groups in total. The molecule has 0 fully saturated rings. The van der Waals surface area contributed by atoms with Crippen LogP contribution in [0.4, 0.5) is 0 Å². The molecule has 0 atom stereocenters. The summed E-state index contributed by atoms with van der Waals surface area (Å²) in [6, 6.07) is 0. The molecular formula is C6H8O2. The van der Waals surface area contributed by atoms with Gasteiger partial charge in [-0.25, -0.2) is 4.79 Å². The van der Waals surface area contributed by atoms with Crippen molar-refractivity contribution in [3.05, 3.63) is 25.0 Å². The summed E-state index contributed by atoms with van der Waals surface area (Å²) < 4.78 is 4.33. The molecule has 2 heteroatoms. The van der Waals surface area contributed by atoms with Crippen LogP contribution in [-0.4, -0.2) is 5.97 Å². The molecule has 0 heterocycles. The predicted molar refractivity (Wildman–Crippen MR) is 31.1 cm³/mol. The highest BCUT2D eigenvalue weighted by Gasteiger charge is 1.97. The predicted octanol–water partition coefficient (Wildman–Crippen LogP) is 1.25. The molecule has 0 aliphatic carbocycles. The first-order chi connectivity index (χ1) is 3.68. The zero-order valence-corrected chi connectivity index (χ0v) is 4.81. The number of esters is 1. The normalized spacial score (nSPS) is 7.62. The number of carbonyl (C=O) groups is 1. The minimum atomic E-state index is -0.431. The van der Waals surface area contributed by atoms with E-state index in [9.17, 15) is 4.79 Å². The van der Waals surface area contributed by atoms with Crippen LogP contribution in [0.15, 0.2) is 25.0 Å². The van der Waals surface area contributed by atoms with Crippen molar-refractivity contribution in [1.29, 1.82) is 0 Å². The molecule has 0 bridgehead atoms. The largest absolute Gasteiger partial charge is 0.432 e. The van der Waals surface area contributed by atoms with E-state index >= 15 is 0 Å². The minimum Gasteiger partial charge on any atom is -0.432 e. The van der Waals surface area contributed by atoms with Gasteiger partial charge in [0.05, 0.1) is 6.26 Å². The van der Waals surface area contributed by atoms with Gasteiger partial charge in [0.15, 0.2) is 0 Å². The third-order valence-electron chi connectivity index (χ3n) is 0.539. The third kappa shape index (κ3) is 2.18. The lowest BCUT2D eigenvalue weighted by Gasteiger charge is -1.92. The Hall–Kier alpha value is -1.05. The minimum absolute atomic E-state index is 0.380. The average Bonchev–Trinajstić information content (AvgIpc) is 1.67. The molecule has 0 aliphatic heterocycles. The molecular weight excluding hydrogens is 104 g/mol. The molecule has 2 nitrogen and oxygen atoms in total. The highest BCUT2D eigenvalue weighted by Crippen LogP contribution is 1.90. The summed E-state index contributed by atoms with van der Waals surface area (Å²) in [5, 5.41) is 0. The van der Waals surface area contributed by atoms with Crippen molar-refractivity contribution in [3.8, 4) is 0 Å². The smallest absolute Gasteiger partial charge is 0.337 e. The van der Waals surface area contributed by atoms with E-state index in [2.05, 4.69) is 17.9 Å². The van der Waals surface area contributed by atoms with Crippen LogP contribution in [-0.2, 0) is 9.53 Å². The van der Waals surface area contributed by atoms with Crippen LogP contribution in [0.1, 0.15) is 6.92 Å². The van der Waals surface area contributed by atoms with E-state index in [0.29, 0.717) is 5.57 Å². The maximum Gasteiger partial charge on any atom is 0.337 e. The van der Waals surface area contributed by atoms with E-state index in [0.717, 1.165) is 6.26 Å². The fraction of sp³-hybridized carbons (Fsp3) is 0.167. The van der Waals surface area contributed by atoms with Crippen LogP contribution in [0, 0.1) is 0 Å². The Kier molecular flexibility index (Phi) is 2.62. The van der Waals surface area contributed by atoms with Crippen molar-refractivity contribution in [3.63, 3.8) is 0 Å². The molecule has 0 spiro atoms. The van der Waals surface area contributed by atoms with Crippen molar-refractivity contribution in [2.75, 3.05) is 0 Å². The van der Waals surface area contributed by atoms with Crippen LogP contribution >= 0.6 is 0 Å². The number of rotatable bonds is 2. The van der Waals surface area contributed by atoms with Gasteiger partial charge in [-0.2, -0.15) is 0 Å². The Balaban J connectivity index is 3.65. The van der Waals surface area contributed by atoms with E-state index in [4.69, 9.17) is 0 Å². The number of ether oxygens (including phenoxy) is 1. The van der Waals surface area contributed by atoms with E-state index < -0.39 is 5.97 Å². The van der Waals surface area contributed by atoms with Gasteiger partial charge in [0, 0.05) is 5.57 Å². The van der Waals surface area contributed by atoms with Crippen molar-refractivity contribution in [2.45, 2.75) is 6.92 Å². The topological polar surface area (TPSA) is 26.3 Å². The molecule has 44 valence electrons. The van der Waals surface area contributed by atoms with Gasteiger partial charge < -0.3 is 4.74 Å². The van der Waals surface area contributed by atoms with Gasteiger partial charge in [-0.15, -0.1) is 0 Å². The second-order valence-electron chi connectivity index (χ2n) is 1.35. The molecule has 0 rings (SSSR count). The molecule has 0 saturated heterocycles. The summed E-state index contributed by atoms with van der Waals surface area (Å²) in [5.41, 5.74) is 0.380. The zero-order valence-electron chi connectivity index (χ0n) is 4.81. The van der Waals surface area contributed by atoms with Crippen LogP contribution < -0.4 is 0 Å². The Morgan fingerprint density at radius 1 is 1.75 bits per heavy atom. The highest BCUT2D eigenvalue weighted by molar-refractivity contribution is 5.87. The lowest BCUT2D eigenvalue weighted by Crippen LogP contribution is -1.98. The van der Waals surface area contributed by atoms with Crippen molar-refractivity contribution < 1.29 is 9.53 Å². The van der Waals surface area contributed by atoms with Gasteiger partial charge in [-0.05, 0) is 6.92 Å². The van der Waals surface area contributed by atoms with Crippen molar-refractivity contribution >= 4 is 5.97 Å². The van der Waals surface area contributed by atoms with Crippen molar-refractivity contribution in [2.24, 2.45) is 0 Å². The third-order valence-corrected chi connectivity index (χ3v) is 0.539. The van der Waals surface area contributed by atoms with E-state index in [-0.39, 0.29) is 0 Å². The monoisotopic (exact) mass is 112 g/mol. The zero-order chi connectivity index (χ0) is 6.57. The first-order valence-corrected chi connectivity index (χ1v) is 2.16. The molecule has 0 radical (unpaired) electrons. The summed E-state index contributed by atoms with van der Waals surface area (Å²) in [6.45, 7) is 8.13. The summed E-state index contributed by atoms with van der Waals surface area (Å²) >= 11 is 0. The van der Waals surface area contributed by atoms with Gasteiger partial charge in [0.2, 0.25) is 0 Å².